The van der Waals surface area contributed by atoms with Crippen LogP contribution in [0.4, 0.5) is 5.69 Å². The van der Waals surface area contributed by atoms with Crippen LogP contribution in [0, 0.1) is 16.7 Å². The molecule has 9 nitrogen and oxygen atoms in total. The number of nitrogens with two attached hydrogens (primary N) is 1. The highest BCUT2D eigenvalue weighted by Crippen LogP contribution is 2.30. The van der Waals surface area contributed by atoms with E-state index < -0.39 is 5.91 Å². The molecule has 9 heteroatoms. The summed E-state index contributed by atoms with van der Waals surface area (Å²) in [5.74, 6) is 5.56. The predicted molar refractivity (Wildman–Crippen MR) is 116 cm³/mol. The van der Waals surface area contributed by atoms with Crippen LogP contribution in [-0.2, 0) is 6.54 Å². The van der Waals surface area contributed by atoms with Crippen molar-refractivity contribution in [2.75, 3.05) is 13.1 Å². The summed E-state index contributed by atoms with van der Waals surface area (Å²) in [4.78, 5) is 23.2. The molecule has 2 aromatic carbocycles. The summed E-state index contributed by atoms with van der Waals surface area (Å²) in [5.41, 5.74) is 1.13. The van der Waals surface area contributed by atoms with Crippen LogP contribution < -0.4 is 11.2 Å². The van der Waals surface area contributed by atoms with Crippen molar-refractivity contribution in [1.29, 1.82) is 0 Å². The molecule has 166 valence electrons. The molecule has 1 amide bonds. The number of rotatable bonds is 8. The number of phenols is 3. The Labute approximate surface area is 180 Å². The topological polar surface area (TPSA) is 148 Å². The standard InChI is InChI=1S/C22H28N4O5/c23-26(22(30)17-5-7-20(28)21(29)10-17)13-16-3-1-2-14(8-16)11-24-12-15-4-6-19(27)18(9-15)25-31/h4-7,9-10,14,16,24,27-29H,1-3,8,11-13,23H2. The fourth-order valence-electron chi connectivity index (χ4n) is 4.11. The number of carbonyl (C=O) groups is 1. The van der Waals surface area contributed by atoms with E-state index in [1.807, 2.05) is 0 Å². The van der Waals surface area contributed by atoms with Gasteiger partial charge in [-0.25, -0.2) is 5.84 Å². The van der Waals surface area contributed by atoms with Gasteiger partial charge in [-0.1, -0.05) is 12.5 Å². The van der Waals surface area contributed by atoms with E-state index in [1.54, 1.807) is 12.1 Å². The van der Waals surface area contributed by atoms with E-state index >= 15 is 0 Å². The van der Waals surface area contributed by atoms with Gasteiger partial charge in [-0.15, -0.1) is 4.91 Å². The van der Waals surface area contributed by atoms with Crippen LogP contribution in [0.25, 0.3) is 0 Å². The van der Waals surface area contributed by atoms with E-state index in [1.165, 1.54) is 29.3 Å². The van der Waals surface area contributed by atoms with Gasteiger partial charge in [0.15, 0.2) is 11.5 Å². The minimum Gasteiger partial charge on any atom is -0.506 e. The van der Waals surface area contributed by atoms with Crippen LogP contribution in [-0.4, -0.2) is 39.3 Å². The number of hydrazine groups is 1. The molecule has 1 aliphatic rings. The monoisotopic (exact) mass is 428 g/mol. The summed E-state index contributed by atoms with van der Waals surface area (Å²) in [6.07, 6.45) is 4.07. The van der Waals surface area contributed by atoms with E-state index in [0.29, 0.717) is 19.0 Å². The lowest BCUT2D eigenvalue weighted by atomic mass is 9.81. The lowest BCUT2D eigenvalue weighted by Gasteiger charge is -2.32. The van der Waals surface area contributed by atoms with Crippen molar-refractivity contribution in [3.63, 3.8) is 0 Å². The van der Waals surface area contributed by atoms with Gasteiger partial charge in [0.25, 0.3) is 5.91 Å². The summed E-state index contributed by atoms with van der Waals surface area (Å²) in [6, 6.07) is 8.68. The van der Waals surface area contributed by atoms with Crippen LogP contribution in [0.15, 0.2) is 41.6 Å². The molecule has 6 N–H and O–H groups in total. The lowest BCUT2D eigenvalue weighted by Crippen LogP contribution is -2.42. The molecule has 2 aromatic rings. The van der Waals surface area contributed by atoms with Gasteiger partial charge in [0.1, 0.15) is 11.4 Å². The number of nitroso groups, excluding NO2 is 1. The number of hydrogen-bond acceptors (Lipinski definition) is 8. The number of aromatic hydroxyl groups is 3. The second-order valence-electron chi connectivity index (χ2n) is 8.10. The van der Waals surface area contributed by atoms with Crippen molar-refractivity contribution in [2.45, 2.75) is 32.2 Å². The quantitative estimate of drug-likeness (QED) is 0.143. The van der Waals surface area contributed by atoms with Gasteiger partial charge in [-0.2, -0.15) is 0 Å². The molecular formula is C22H28N4O5. The third-order valence-electron chi connectivity index (χ3n) is 5.73. The molecule has 2 unspecified atom stereocenters. The molecule has 0 aliphatic heterocycles. The first kappa shape index (κ1) is 22.5. The summed E-state index contributed by atoms with van der Waals surface area (Å²) in [5, 5.41) is 35.9. The Bertz CT molecular complexity index is 936. The number of nitrogens with zero attached hydrogens (tertiary/aromatic N) is 2. The van der Waals surface area contributed by atoms with Crippen molar-refractivity contribution in [3.05, 3.63) is 52.4 Å². The lowest BCUT2D eigenvalue weighted by molar-refractivity contribution is 0.0700. The molecule has 0 bridgehead atoms. The molecule has 1 aliphatic carbocycles. The zero-order valence-corrected chi connectivity index (χ0v) is 17.2. The normalized spacial score (nSPS) is 18.5. The Morgan fingerprint density at radius 1 is 1.06 bits per heavy atom. The fourth-order valence-corrected chi connectivity index (χ4v) is 4.11. The van der Waals surface area contributed by atoms with Gasteiger partial charge in [-0.05, 0) is 78.7 Å². The maximum absolute atomic E-state index is 12.5. The summed E-state index contributed by atoms with van der Waals surface area (Å²) in [7, 11) is 0. The maximum Gasteiger partial charge on any atom is 0.267 e. The molecule has 3 rings (SSSR count). The minimum atomic E-state index is -0.400. The Morgan fingerprint density at radius 3 is 2.55 bits per heavy atom. The summed E-state index contributed by atoms with van der Waals surface area (Å²) in [6.45, 7) is 1.78. The first-order chi connectivity index (χ1) is 14.9. The van der Waals surface area contributed by atoms with E-state index in [-0.39, 0.29) is 34.4 Å². The van der Waals surface area contributed by atoms with Gasteiger partial charge in [0, 0.05) is 18.7 Å². The van der Waals surface area contributed by atoms with Gasteiger partial charge in [-0.3, -0.25) is 9.80 Å². The van der Waals surface area contributed by atoms with Crippen molar-refractivity contribution < 1.29 is 20.1 Å². The van der Waals surface area contributed by atoms with Crippen molar-refractivity contribution in [3.8, 4) is 17.2 Å². The Kier molecular flexibility index (Phi) is 7.43. The first-order valence-corrected chi connectivity index (χ1v) is 10.3. The largest absolute Gasteiger partial charge is 0.506 e. The van der Waals surface area contributed by atoms with E-state index in [4.69, 9.17) is 5.84 Å². The number of nitrogens with one attached hydrogen (secondary N) is 1. The van der Waals surface area contributed by atoms with Crippen LogP contribution >= 0.6 is 0 Å². The predicted octanol–water partition coefficient (Wildman–Crippen LogP) is 3.11. The summed E-state index contributed by atoms with van der Waals surface area (Å²) < 4.78 is 0. The number of benzene rings is 2. The Hall–Kier alpha value is -3.17. The molecular weight excluding hydrogens is 400 g/mol. The highest BCUT2D eigenvalue weighted by Gasteiger charge is 2.25. The average molecular weight is 428 g/mol. The molecule has 0 aromatic heterocycles. The fraction of sp³-hybridized carbons (Fsp3) is 0.409. The van der Waals surface area contributed by atoms with E-state index in [2.05, 4.69) is 10.5 Å². The third-order valence-corrected chi connectivity index (χ3v) is 5.73. The highest BCUT2D eigenvalue weighted by molar-refractivity contribution is 5.94. The van der Waals surface area contributed by atoms with Crippen molar-refractivity contribution in [2.24, 2.45) is 22.9 Å². The SMILES string of the molecule is NN(CC1CCCC(CNCc2ccc(O)c(N=O)c2)C1)C(=O)c1ccc(O)c(O)c1. The molecule has 1 saturated carbocycles. The highest BCUT2D eigenvalue weighted by atomic mass is 16.3. The van der Waals surface area contributed by atoms with Gasteiger partial charge in [0.05, 0.1) is 0 Å². The second-order valence-corrected chi connectivity index (χ2v) is 8.10. The zero-order valence-electron chi connectivity index (χ0n) is 17.2. The molecule has 31 heavy (non-hydrogen) atoms. The molecule has 0 heterocycles. The van der Waals surface area contributed by atoms with Gasteiger partial charge >= 0.3 is 0 Å². The van der Waals surface area contributed by atoms with Crippen LogP contribution in [0.5, 0.6) is 17.2 Å². The maximum atomic E-state index is 12.5. The smallest absolute Gasteiger partial charge is 0.267 e. The third kappa shape index (κ3) is 5.93. The summed E-state index contributed by atoms with van der Waals surface area (Å²) >= 11 is 0. The number of amides is 1. The second kappa shape index (κ2) is 10.2. The van der Waals surface area contributed by atoms with Crippen molar-refractivity contribution in [1.82, 2.24) is 10.3 Å². The van der Waals surface area contributed by atoms with Crippen molar-refractivity contribution >= 4 is 11.6 Å². The van der Waals surface area contributed by atoms with Crippen LogP contribution in [0.1, 0.15) is 41.6 Å². The van der Waals surface area contributed by atoms with Gasteiger partial charge < -0.3 is 20.6 Å². The average Bonchev–Trinajstić information content (AvgIpc) is 2.76. The minimum absolute atomic E-state index is 0.0340. The molecule has 0 radical (unpaired) electrons. The molecule has 1 fully saturated rings. The van der Waals surface area contributed by atoms with Crippen LogP contribution in [0.3, 0.4) is 0 Å². The molecule has 0 spiro atoms. The molecule has 0 saturated heterocycles. The number of phenolic OH excluding ortho intramolecular Hbond substituents is 3. The Morgan fingerprint density at radius 2 is 1.81 bits per heavy atom. The zero-order chi connectivity index (χ0) is 22.4. The van der Waals surface area contributed by atoms with E-state index in [0.717, 1.165) is 37.8 Å². The molecule has 2 atom stereocenters. The Balaban J connectivity index is 1.48. The van der Waals surface area contributed by atoms with Crippen LogP contribution in [0.2, 0.25) is 0 Å². The first-order valence-electron chi connectivity index (χ1n) is 10.3. The number of carbonyl (C=O) groups excluding carboxylic acids is 1. The number of hydrogen-bond donors (Lipinski definition) is 5. The van der Waals surface area contributed by atoms with E-state index in [9.17, 15) is 25.0 Å². The van der Waals surface area contributed by atoms with Gasteiger partial charge in [0.2, 0.25) is 0 Å².